The van der Waals surface area contributed by atoms with E-state index >= 15 is 0 Å². The number of nitrogens with two attached hydrogens (primary N) is 1. The van der Waals surface area contributed by atoms with Gasteiger partial charge in [-0.25, -0.2) is 0 Å². The summed E-state index contributed by atoms with van der Waals surface area (Å²) in [6, 6.07) is 0. The van der Waals surface area contributed by atoms with Crippen molar-refractivity contribution in [2.24, 2.45) is 11.7 Å². The highest BCUT2D eigenvalue weighted by atomic mass is 15.1. The zero-order chi connectivity index (χ0) is 10.2. The maximum absolute atomic E-state index is 5.45. The molecule has 84 valence electrons. The molecule has 0 aromatic rings. The van der Waals surface area contributed by atoms with E-state index in [1.54, 1.807) is 0 Å². The molecule has 1 saturated carbocycles. The molecule has 1 aliphatic rings. The van der Waals surface area contributed by atoms with Crippen LogP contribution in [0, 0.1) is 5.92 Å². The van der Waals surface area contributed by atoms with Gasteiger partial charge in [-0.1, -0.05) is 19.3 Å². The third-order valence-electron chi connectivity index (χ3n) is 3.29. The summed E-state index contributed by atoms with van der Waals surface area (Å²) in [6.45, 7) is 3.47. The molecule has 0 aliphatic heterocycles. The first kappa shape index (κ1) is 12.0. The maximum Gasteiger partial charge on any atom is 0.000661 e. The molecule has 1 fully saturated rings. The molecule has 0 unspecified atom stereocenters. The van der Waals surface area contributed by atoms with Crippen molar-refractivity contribution in [1.82, 2.24) is 4.90 Å². The second-order valence-corrected chi connectivity index (χ2v) is 4.76. The van der Waals surface area contributed by atoms with Crippen LogP contribution in [0.5, 0.6) is 0 Å². The first-order chi connectivity index (χ1) is 6.83. The van der Waals surface area contributed by atoms with Crippen LogP contribution in [-0.2, 0) is 0 Å². The molecule has 14 heavy (non-hydrogen) atoms. The highest BCUT2D eigenvalue weighted by molar-refractivity contribution is 4.72. The quantitative estimate of drug-likeness (QED) is 0.606. The molecule has 2 N–H and O–H groups in total. The van der Waals surface area contributed by atoms with Gasteiger partial charge in [-0.2, -0.15) is 0 Å². The van der Waals surface area contributed by atoms with Gasteiger partial charge in [0, 0.05) is 6.54 Å². The molecule has 0 bridgehead atoms. The Kier molecular flexibility index (Phi) is 6.20. The third-order valence-corrected chi connectivity index (χ3v) is 3.29. The summed E-state index contributed by atoms with van der Waals surface area (Å²) >= 11 is 0. The third kappa shape index (κ3) is 4.97. The lowest BCUT2D eigenvalue weighted by atomic mass is 9.85. The summed E-state index contributed by atoms with van der Waals surface area (Å²) in [7, 11) is 2.27. The van der Waals surface area contributed by atoms with Gasteiger partial charge in [0.05, 0.1) is 0 Å². The molecule has 0 amide bonds. The molecule has 0 atom stereocenters. The minimum absolute atomic E-state index is 0.859. The summed E-state index contributed by atoms with van der Waals surface area (Å²) in [5.74, 6) is 1.02. The number of hydrogen-bond donors (Lipinski definition) is 1. The van der Waals surface area contributed by atoms with Crippen molar-refractivity contribution in [3.63, 3.8) is 0 Å². The van der Waals surface area contributed by atoms with Crippen molar-refractivity contribution in [2.45, 2.75) is 44.9 Å². The smallest absolute Gasteiger partial charge is 0.000661 e. The largest absolute Gasteiger partial charge is 0.330 e. The fourth-order valence-corrected chi connectivity index (χ4v) is 2.09. The van der Waals surface area contributed by atoms with Crippen LogP contribution >= 0.6 is 0 Å². The zero-order valence-corrected chi connectivity index (χ0v) is 9.67. The molecule has 0 heterocycles. The summed E-state index contributed by atoms with van der Waals surface area (Å²) in [4.78, 5) is 2.51. The van der Waals surface area contributed by atoms with Crippen molar-refractivity contribution in [3.05, 3.63) is 0 Å². The Balaban J connectivity index is 1.84. The van der Waals surface area contributed by atoms with Crippen LogP contribution in [-0.4, -0.2) is 31.6 Å². The van der Waals surface area contributed by atoms with Gasteiger partial charge in [0.1, 0.15) is 0 Å². The predicted octanol–water partition coefficient (Wildman–Crippen LogP) is 2.24. The minimum Gasteiger partial charge on any atom is -0.330 e. The second-order valence-electron chi connectivity index (χ2n) is 4.76. The normalized spacial score (nSPS) is 17.4. The lowest BCUT2D eigenvalue weighted by molar-refractivity contribution is 0.203. The van der Waals surface area contributed by atoms with Crippen LogP contribution in [0.15, 0.2) is 0 Å². The van der Waals surface area contributed by atoms with Crippen molar-refractivity contribution in [1.29, 1.82) is 0 Å². The fourth-order valence-electron chi connectivity index (χ4n) is 2.09. The SMILES string of the molecule is CN(CCCCCCN)CC1CCC1. The topological polar surface area (TPSA) is 29.3 Å². The zero-order valence-electron chi connectivity index (χ0n) is 9.67. The molecule has 0 saturated heterocycles. The summed E-state index contributed by atoms with van der Waals surface area (Å²) in [6.07, 6.45) is 9.62. The molecule has 2 heteroatoms. The summed E-state index contributed by atoms with van der Waals surface area (Å²) < 4.78 is 0. The van der Waals surface area contributed by atoms with E-state index in [1.165, 1.54) is 58.0 Å². The van der Waals surface area contributed by atoms with Gasteiger partial charge in [-0.05, 0) is 51.7 Å². The molecular formula is C12H26N2. The van der Waals surface area contributed by atoms with E-state index in [1.807, 2.05) is 0 Å². The van der Waals surface area contributed by atoms with Gasteiger partial charge in [0.2, 0.25) is 0 Å². The summed E-state index contributed by atoms with van der Waals surface area (Å²) in [5.41, 5.74) is 5.45. The van der Waals surface area contributed by atoms with Gasteiger partial charge in [0.15, 0.2) is 0 Å². The van der Waals surface area contributed by atoms with Gasteiger partial charge >= 0.3 is 0 Å². The van der Waals surface area contributed by atoms with Crippen molar-refractivity contribution in [3.8, 4) is 0 Å². The molecule has 0 radical (unpaired) electrons. The predicted molar refractivity (Wildman–Crippen MR) is 62.4 cm³/mol. The number of nitrogens with zero attached hydrogens (tertiary/aromatic N) is 1. The van der Waals surface area contributed by atoms with Crippen LogP contribution in [0.25, 0.3) is 0 Å². The van der Waals surface area contributed by atoms with Gasteiger partial charge in [-0.15, -0.1) is 0 Å². The molecular weight excluding hydrogens is 172 g/mol. The van der Waals surface area contributed by atoms with Gasteiger partial charge in [-0.3, -0.25) is 0 Å². The number of rotatable bonds is 8. The molecule has 2 nitrogen and oxygen atoms in total. The Hall–Kier alpha value is -0.0800. The van der Waals surface area contributed by atoms with Crippen molar-refractivity contribution >= 4 is 0 Å². The highest BCUT2D eigenvalue weighted by Crippen LogP contribution is 2.26. The molecule has 0 aromatic carbocycles. The molecule has 0 spiro atoms. The minimum atomic E-state index is 0.859. The first-order valence-electron chi connectivity index (χ1n) is 6.21. The van der Waals surface area contributed by atoms with Gasteiger partial charge in [0.25, 0.3) is 0 Å². The monoisotopic (exact) mass is 198 g/mol. The van der Waals surface area contributed by atoms with Crippen LogP contribution in [0.1, 0.15) is 44.9 Å². The Morgan fingerprint density at radius 3 is 2.43 bits per heavy atom. The molecule has 1 rings (SSSR count). The second kappa shape index (κ2) is 7.24. The first-order valence-corrected chi connectivity index (χ1v) is 6.21. The lowest BCUT2D eigenvalue weighted by Crippen LogP contribution is -2.30. The average Bonchev–Trinajstić information content (AvgIpc) is 2.11. The summed E-state index contributed by atoms with van der Waals surface area (Å²) in [5, 5.41) is 0. The average molecular weight is 198 g/mol. The Morgan fingerprint density at radius 2 is 1.86 bits per heavy atom. The molecule has 1 aliphatic carbocycles. The van der Waals surface area contributed by atoms with E-state index < -0.39 is 0 Å². The van der Waals surface area contributed by atoms with E-state index in [9.17, 15) is 0 Å². The van der Waals surface area contributed by atoms with Crippen molar-refractivity contribution in [2.75, 3.05) is 26.7 Å². The van der Waals surface area contributed by atoms with E-state index in [-0.39, 0.29) is 0 Å². The highest BCUT2D eigenvalue weighted by Gasteiger charge is 2.18. The number of unbranched alkanes of at least 4 members (excludes halogenated alkanes) is 3. The van der Waals surface area contributed by atoms with E-state index in [0.717, 1.165) is 12.5 Å². The van der Waals surface area contributed by atoms with Crippen LogP contribution < -0.4 is 5.73 Å². The Bertz CT molecular complexity index is 132. The Labute approximate surface area is 88.8 Å². The van der Waals surface area contributed by atoms with Crippen molar-refractivity contribution < 1.29 is 0 Å². The fraction of sp³-hybridized carbons (Fsp3) is 1.00. The van der Waals surface area contributed by atoms with E-state index in [2.05, 4.69) is 11.9 Å². The molecule has 0 aromatic heterocycles. The van der Waals surface area contributed by atoms with Gasteiger partial charge < -0.3 is 10.6 Å². The van der Waals surface area contributed by atoms with E-state index in [0.29, 0.717) is 0 Å². The van der Waals surface area contributed by atoms with Crippen LogP contribution in [0.2, 0.25) is 0 Å². The van der Waals surface area contributed by atoms with Crippen LogP contribution in [0.4, 0.5) is 0 Å². The standard InChI is InChI=1S/C12H26N2/c1-14(11-12-7-6-8-12)10-5-3-2-4-9-13/h12H,2-11,13H2,1H3. The number of hydrogen-bond acceptors (Lipinski definition) is 2. The van der Waals surface area contributed by atoms with Crippen LogP contribution in [0.3, 0.4) is 0 Å². The lowest BCUT2D eigenvalue weighted by Gasteiger charge is -2.30. The van der Waals surface area contributed by atoms with E-state index in [4.69, 9.17) is 5.73 Å². The maximum atomic E-state index is 5.45. The Morgan fingerprint density at radius 1 is 1.14 bits per heavy atom.